The molecule has 0 atom stereocenters. The van der Waals surface area contributed by atoms with E-state index in [2.05, 4.69) is 9.97 Å². The molecule has 0 radical (unpaired) electrons. The van der Waals surface area contributed by atoms with E-state index in [1.54, 1.807) is 30.3 Å². The van der Waals surface area contributed by atoms with E-state index >= 15 is 0 Å². The molecule has 4 rings (SSSR count). The zero-order valence-corrected chi connectivity index (χ0v) is 17.0. The molecule has 3 aromatic rings. The summed E-state index contributed by atoms with van der Waals surface area (Å²) in [6.07, 6.45) is 0.581. The number of rotatable bonds is 5. The van der Waals surface area contributed by atoms with E-state index in [1.165, 1.54) is 7.11 Å². The number of aromatic amines is 1. The summed E-state index contributed by atoms with van der Waals surface area (Å²) in [4.78, 5) is 33.3. The monoisotopic (exact) mass is 426 g/mol. The number of fused-ring (bicyclic) bond motifs is 1. The molecule has 1 aliphatic heterocycles. The van der Waals surface area contributed by atoms with E-state index in [1.807, 2.05) is 17.0 Å². The van der Waals surface area contributed by atoms with Crippen LogP contribution < -0.4 is 10.3 Å². The van der Waals surface area contributed by atoms with E-state index in [9.17, 15) is 14.9 Å². The number of hydrogen-bond acceptors (Lipinski definition) is 6. The van der Waals surface area contributed by atoms with Crippen LogP contribution >= 0.6 is 11.6 Å². The topological polar surface area (TPSA) is 101 Å². The van der Waals surface area contributed by atoms with Gasteiger partial charge in [0.05, 0.1) is 23.3 Å². The number of nitro groups is 1. The Hall–Kier alpha value is -3.23. The van der Waals surface area contributed by atoms with Crippen LogP contribution in [0.15, 0.2) is 47.3 Å². The number of nitrogens with zero attached hydrogens (tertiary/aromatic N) is 3. The molecule has 154 valence electrons. The van der Waals surface area contributed by atoms with E-state index < -0.39 is 4.92 Å². The highest BCUT2D eigenvalue weighted by Crippen LogP contribution is 2.32. The molecule has 1 aliphatic rings. The smallest absolute Gasteiger partial charge is 0.315 e. The summed E-state index contributed by atoms with van der Waals surface area (Å²) in [6.45, 7) is 1.34. The third kappa shape index (κ3) is 3.92. The molecule has 0 aliphatic carbocycles. The summed E-state index contributed by atoms with van der Waals surface area (Å²) in [5.41, 5.74) is 2.43. The van der Waals surface area contributed by atoms with Gasteiger partial charge in [-0.05, 0) is 30.3 Å². The van der Waals surface area contributed by atoms with Crippen LogP contribution in [0.2, 0.25) is 5.02 Å². The van der Waals surface area contributed by atoms with Crippen molar-refractivity contribution in [1.29, 1.82) is 0 Å². The molecule has 8 nitrogen and oxygen atoms in total. The van der Waals surface area contributed by atoms with Gasteiger partial charge in [-0.2, -0.15) is 0 Å². The Morgan fingerprint density at radius 1 is 1.27 bits per heavy atom. The van der Waals surface area contributed by atoms with Gasteiger partial charge in [0.25, 0.3) is 5.56 Å². The van der Waals surface area contributed by atoms with Crippen LogP contribution in [0.4, 0.5) is 5.69 Å². The predicted octanol–water partition coefficient (Wildman–Crippen LogP) is 3.57. The Kier molecular flexibility index (Phi) is 5.52. The van der Waals surface area contributed by atoms with Crippen LogP contribution in [-0.2, 0) is 19.5 Å². The van der Waals surface area contributed by atoms with Crippen LogP contribution in [0.1, 0.15) is 16.8 Å². The molecular formula is C21H19ClN4O4. The summed E-state index contributed by atoms with van der Waals surface area (Å²) < 4.78 is 5.14. The van der Waals surface area contributed by atoms with Crippen molar-refractivity contribution in [3.8, 4) is 17.1 Å². The van der Waals surface area contributed by atoms with Gasteiger partial charge < -0.3 is 9.72 Å². The average Bonchev–Trinajstić information content (AvgIpc) is 2.74. The molecule has 0 amide bonds. The molecule has 2 heterocycles. The van der Waals surface area contributed by atoms with E-state index in [-0.39, 0.29) is 17.0 Å². The first-order chi connectivity index (χ1) is 14.5. The normalized spacial score (nSPS) is 13.7. The molecule has 1 aromatic heterocycles. The van der Waals surface area contributed by atoms with Gasteiger partial charge in [0, 0.05) is 42.2 Å². The molecule has 1 N–H and O–H groups in total. The van der Waals surface area contributed by atoms with Crippen LogP contribution in [-0.4, -0.2) is 33.4 Å². The van der Waals surface area contributed by atoms with Crippen molar-refractivity contribution in [3.05, 3.63) is 84.8 Å². The standard InChI is InChI=1S/C21H19ClN4O4/c1-30-18-4-2-3-14(19(18)26(28)29)11-25-10-9-17-16(12-25)21(27)24-20(23-17)13-5-7-15(22)8-6-13/h2-8H,9-12H2,1H3,(H,23,24,27). The van der Waals surface area contributed by atoms with Gasteiger partial charge in [0.1, 0.15) is 5.82 Å². The van der Waals surface area contributed by atoms with Crippen molar-refractivity contribution >= 4 is 17.3 Å². The van der Waals surface area contributed by atoms with Crippen molar-refractivity contribution in [3.63, 3.8) is 0 Å². The third-order valence-electron chi connectivity index (χ3n) is 5.14. The maximum absolute atomic E-state index is 12.7. The van der Waals surface area contributed by atoms with Crippen molar-refractivity contribution in [2.45, 2.75) is 19.5 Å². The lowest BCUT2D eigenvalue weighted by molar-refractivity contribution is -0.386. The highest BCUT2D eigenvalue weighted by atomic mass is 35.5. The number of H-pyrrole nitrogens is 1. The lowest BCUT2D eigenvalue weighted by atomic mass is 10.0. The average molecular weight is 427 g/mol. The third-order valence-corrected chi connectivity index (χ3v) is 5.40. The zero-order valence-electron chi connectivity index (χ0n) is 16.2. The van der Waals surface area contributed by atoms with E-state index in [4.69, 9.17) is 16.3 Å². The minimum absolute atomic E-state index is 0.0454. The highest BCUT2D eigenvalue weighted by molar-refractivity contribution is 6.30. The minimum Gasteiger partial charge on any atom is -0.490 e. The number of nitro benzene ring substituents is 1. The molecule has 0 saturated heterocycles. The molecule has 0 fully saturated rings. The maximum Gasteiger partial charge on any atom is 0.315 e. The Bertz CT molecular complexity index is 1160. The highest BCUT2D eigenvalue weighted by Gasteiger charge is 2.26. The number of para-hydroxylation sites is 1. The first-order valence-electron chi connectivity index (χ1n) is 9.37. The van der Waals surface area contributed by atoms with Crippen molar-refractivity contribution in [2.24, 2.45) is 0 Å². The molecule has 2 aromatic carbocycles. The Morgan fingerprint density at radius 3 is 2.73 bits per heavy atom. The Balaban J connectivity index is 1.60. The quantitative estimate of drug-likeness (QED) is 0.494. The van der Waals surface area contributed by atoms with Crippen molar-refractivity contribution in [2.75, 3.05) is 13.7 Å². The zero-order chi connectivity index (χ0) is 21.3. The molecule has 9 heteroatoms. The van der Waals surface area contributed by atoms with Crippen LogP contribution in [0.3, 0.4) is 0 Å². The van der Waals surface area contributed by atoms with Gasteiger partial charge >= 0.3 is 5.69 Å². The number of hydrogen-bond donors (Lipinski definition) is 1. The number of ether oxygens (including phenoxy) is 1. The number of halogens is 1. The number of benzene rings is 2. The molecule has 0 spiro atoms. The van der Waals surface area contributed by atoms with Gasteiger partial charge in [-0.15, -0.1) is 0 Å². The van der Waals surface area contributed by atoms with Gasteiger partial charge in [-0.1, -0.05) is 23.7 Å². The summed E-state index contributed by atoms with van der Waals surface area (Å²) in [6, 6.07) is 12.1. The van der Waals surface area contributed by atoms with Gasteiger partial charge in [0.15, 0.2) is 5.75 Å². The fraction of sp³-hybridized carbons (Fsp3) is 0.238. The second-order valence-electron chi connectivity index (χ2n) is 7.03. The Labute approximate surface area is 177 Å². The van der Waals surface area contributed by atoms with Gasteiger partial charge in [-0.25, -0.2) is 4.98 Å². The Morgan fingerprint density at radius 2 is 2.03 bits per heavy atom. The fourth-order valence-electron chi connectivity index (χ4n) is 3.67. The molecule has 30 heavy (non-hydrogen) atoms. The van der Waals surface area contributed by atoms with Crippen molar-refractivity contribution in [1.82, 2.24) is 14.9 Å². The molecular weight excluding hydrogens is 408 g/mol. The summed E-state index contributed by atoms with van der Waals surface area (Å²) in [7, 11) is 1.41. The molecule has 0 bridgehead atoms. The van der Waals surface area contributed by atoms with E-state index in [0.29, 0.717) is 48.0 Å². The lowest BCUT2D eigenvalue weighted by Crippen LogP contribution is -2.35. The number of aromatic nitrogens is 2. The number of nitrogens with one attached hydrogen (secondary N) is 1. The summed E-state index contributed by atoms with van der Waals surface area (Å²) in [5.74, 6) is 0.731. The second kappa shape index (κ2) is 8.25. The van der Waals surface area contributed by atoms with Gasteiger partial charge in [0.2, 0.25) is 0 Å². The second-order valence-corrected chi connectivity index (χ2v) is 7.47. The fourth-order valence-corrected chi connectivity index (χ4v) is 3.79. The van der Waals surface area contributed by atoms with Crippen molar-refractivity contribution < 1.29 is 9.66 Å². The van der Waals surface area contributed by atoms with E-state index in [0.717, 1.165) is 11.3 Å². The maximum atomic E-state index is 12.7. The van der Waals surface area contributed by atoms with Crippen LogP contribution in [0.25, 0.3) is 11.4 Å². The minimum atomic E-state index is -0.432. The summed E-state index contributed by atoms with van der Waals surface area (Å²) in [5, 5.41) is 12.1. The molecule has 0 unspecified atom stereocenters. The largest absolute Gasteiger partial charge is 0.490 e. The molecule has 0 saturated carbocycles. The first kappa shape index (κ1) is 20.1. The van der Waals surface area contributed by atoms with Crippen LogP contribution in [0, 0.1) is 10.1 Å². The van der Waals surface area contributed by atoms with Crippen LogP contribution in [0.5, 0.6) is 5.75 Å². The first-order valence-corrected chi connectivity index (χ1v) is 9.74. The SMILES string of the molecule is COc1cccc(CN2CCc3nc(-c4ccc(Cl)cc4)[nH]c(=O)c3C2)c1[N+](=O)[O-]. The summed E-state index contributed by atoms with van der Waals surface area (Å²) >= 11 is 5.93. The predicted molar refractivity (Wildman–Crippen MR) is 113 cm³/mol. The lowest BCUT2D eigenvalue weighted by Gasteiger charge is -2.27. The number of methoxy groups -OCH3 is 1. The van der Waals surface area contributed by atoms with Gasteiger partial charge in [-0.3, -0.25) is 19.8 Å².